The molecule has 0 spiro atoms. The predicted octanol–water partition coefficient (Wildman–Crippen LogP) is 4.08. The summed E-state index contributed by atoms with van der Waals surface area (Å²) in [6, 6.07) is 16.8. The van der Waals surface area contributed by atoms with Gasteiger partial charge in [-0.3, -0.25) is 0 Å². The number of hydrogen-bond donors (Lipinski definition) is 1. The molecule has 2 aromatic carbocycles. The molecule has 3 heteroatoms. The molecule has 1 unspecified atom stereocenters. The van der Waals surface area contributed by atoms with Crippen LogP contribution in [0.3, 0.4) is 0 Å². The summed E-state index contributed by atoms with van der Waals surface area (Å²) in [6.45, 7) is 0. The number of benzene rings is 2. The molecule has 0 amide bonds. The number of para-hydroxylation sites is 1. The lowest BCUT2D eigenvalue weighted by Gasteiger charge is -2.09. The molecule has 0 aromatic heterocycles. The quantitative estimate of drug-likeness (QED) is 0.674. The maximum absolute atomic E-state index is 5.96. The summed E-state index contributed by atoms with van der Waals surface area (Å²) < 4.78 is 0. The molecule has 18 heavy (non-hydrogen) atoms. The molecule has 0 fully saturated rings. The second-order valence-corrected chi connectivity index (χ2v) is 6.80. The number of rotatable bonds is 3. The Balaban J connectivity index is 1.62. The van der Waals surface area contributed by atoms with Crippen LogP contribution in [0.5, 0.6) is 0 Å². The van der Waals surface area contributed by atoms with Crippen LogP contribution in [0.1, 0.15) is 5.56 Å². The molecular formula is C15H15NS2. The molecule has 0 radical (unpaired) electrons. The van der Waals surface area contributed by atoms with E-state index in [0.29, 0.717) is 5.25 Å². The van der Waals surface area contributed by atoms with Gasteiger partial charge in [0.25, 0.3) is 0 Å². The topological polar surface area (TPSA) is 26.0 Å². The van der Waals surface area contributed by atoms with Gasteiger partial charge in [-0.25, -0.2) is 0 Å². The van der Waals surface area contributed by atoms with Gasteiger partial charge in [0.05, 0.1) is 0 Å². The first kappa shape index (κ1) is 12.0. The van der Waals surface area contributed by atoms with E-state index in [1.165, 1.54) is 21.8 Å². The molecule has 0 aliphatic carbocycles. The van der Waals surface area contributed by atoms with Crippen molar-refractivity contribution in [2.24, 2.45) is 0 Å². The minimum absolute atomic E-state index is 0.673. The van der Waals surface area contributed by atoms with E-state index in [-0.39, 0.29) is 0 Å². The summed E-state index contributed by atoms with van der Waals surface area (Å²) in [4.78, 5) is 2.65. The van der Waals surface area contributed by atoms with Crippen LogP contribution < -0.4 is 5.73 Å². The van der Waals surface area contributed by atoms with Crippen molar-refractivity contribution in [3.05, 3.63) is 54.1 Å². The van der Waals surface area contributed by atoms with Gasteiger partial charge in [0.1, 0.15) is 0 Å². The monoisotopic (exact) mass is 273 g/mol. The van der Waals surface area contributed by atoms with Crippen LogP contribution in [-0.4, -0.2) is 11.0 Å². The minimum atomic E-state index is 0.673. The highest BCUT2D eigenvalue weighted by Gasteiger charge is 2.21. The van der Waals surface area contributed by atoms with Crippen molar-refractivity contribution in [1.29, 1.82) is 0 Å². The van der Waals surface area contributed by atoms with Crippen molar-refractivity contribution in [3.63, 3.8) is 0 Å². The van der Waals surface area contributed by atoms with E-state index in [4.69, 9.17) is 5.73 Å². The summed E-state index contributed by atoms with van der Waals surface area (Å²) in [5, 5.41) is 0.673. The van der Waals surface area contributed by atoms with Crippen molar-refractivity contribution < 1.29 is 0 Å². The maximum Gasteiger partial charge on any atom is 0.0452 e. The van der Waals surface area contributed by atoms with Gasteiger partial charge < -0.3 is 5.73 Å². The zero-order valence-electron chi connectivity index (χ0n) is 10.0. The Bertz CT molecular complexity index is 529. The molecule has 1 heterocycles. The molecule has 0 saturated heterocycles. The van der Waals surface area contributed by atoms with Crippen LogP contribution in [0.15, 0.2) is 58.3 Å². The van der Waals surface area contributed by atoms with Crippen molar-refractivity contribution in [2.75, 3.05) is 11.5 Å². The minimum Gasteiger partial charge on any atom is -0.398 e. The Morgan fingerprint density at radius 3 is 2.72 bits per heavy atom. The van der Waals surface area contributed by atoms with E-state index in [2.05, 4.69) is 36.4 Å². The van der Waals surface area contributed by atoms with Crippen LogP contribution in [0, 0.1) is 0 Å². The van der Waals surface area contributed by atoms with E-state index >= 15 is 0 Å². The molecule has 2 N–H and O–H groups in total. The van der Waals surface area contributed by atoms with Gasteiger partial charge in [0.15, 0.2) is 0 Å². The van der Waals surface area contributed by atoms with Gasteiger partial charge in [-0.2, -0.15) is 0 Å². The highest BCUT2D eigenvalue weighted by molar-refractivity contribution is 8.03. The van der Waals surface area contributed by atoms with E-state index in [9.17, 15) is 0 Å². The van der Waals surface area contributed by atoms with Crippen molar-refractivity contribution in [2.45, 2.75) is 21.5 Å². The van der Waals surface area contributed by atoms with Gasteiger partial charge in [0, 0.05) is 26.5 Å². The van der Waals surface area contributed by atoms with E-state index in [1.807, 2.05) is 35.7 Å². The zero-order valence-corrected chi connectivity index (χ0v) is 11.6. The average Bonchev–Trinajstić information content (AvgIpc) is 2.80. The van der Waals surface area contributed by atoms with Crippen molar-refractivity contribution >= 4 is 29.2 Å². The van der Waals surface area contributed by atoms with Gasteiger partial charge in [0.2, 0.25) is 0 Å². The normalized spacial score (nSPS) is 17.7. The maximum atomic E-state index is 5.96. The molecular weight excluding hydrogens is 258 g/mol. The molecule has 92 valence electrons. The Morgan fingerprint density at radius 2 is 1.89 bits per heavy atom. The number of nitrogen functional groups attached to an aromatic ring is 1. The molecule has 1 atom stereocenters. The molecule has 3 rings (SSSR count). The van der Waals surface area contributed by atoms with E-state index in [0.717, 1.165) is 11.4 Å². The zero-order chi connectivity index (χ0) is 12.4. The largest absolute Gasteiger partial charge is 0.398 e. The predicted molar refractivity (Wildman–Crippen MR) is 81.4 cm³/mol. The third-order valence-corrected chi connectivity index (χ3v) is 5.84. The summed E-state index contributed by atoms with van der Waals surface area (Å²) in [7, 11) is 0. The van der Waals surface area contributed by atoms with Crippen LogP contribution in [-0.2, 0) is 6.42 Å². The lowest BCUT2D eigenvalue weighted by Crippen LogP contribution is -2.04. The second kappa shape index (κ2) is 5.29. The van der Waals surface area contributed by atoms with Gasteiger partial charge in [-0.1, -0.05) is 30.3 Å². The highest BCUT2D eigenvalue weighted by atomic mass is 32.2. The Labute approximate surface area is 116 Å². The van der Waals surface area contributed by atoms with Crippen molar-refractivity contribution in [3.8, 4) is 0 Å². The number of anilines is 1. The highest BCUT2D eigenvalue weighted by Crippen LogP contribution is 2.39. The fraction of sp³-hybridized carbons (Fsp3) is 0.200. The Morgan fingerprint density at radius 1 is 1.11 bits per heavy atom. The van der Waals surface area contributed by atoms with Crippen LogP contribution >= 0.6 is 23.5 Å². The van der Waals surface area contributed by atoms with E-state index in [1.54, 1.807) is 0 Å². The average molecular weight is 273 g/mol. The van der Waals surface area contributed by atoms with Crippen LogP contribution in [0.4, 0.5) is 5.69 Å². The van der Waals surface area contributed by atoms with Crippen LogP contribution in [0.25, 0.3) is 0 Å². The molecule has 1 aliphatic heterocycles. The first-order valence-corrected chi connectivity index (χ1v) is 7.91. The molecule has 1 aliphatic rings. The Kier molecular flexibility index (Phi) is 3.52. The van der Waals surface area contributed by atoms with Gasteiger partial charge in [-0.05, 0) is 30.2 Å². The first-order chi connectivity index (χ1) is 8.83. The SMILES string of the molecule is Nc1ccccc1SCC1Cc2ccccc2S1. The molecule has 1 nitrogen and oxygen atoms in total. The number of thioether (sulfide) groups is 2. The molecule has 0 bridgehead atoms. The lowest BCUT2D eigenvalue weighted by molar-refractivity contribution is 0.970. The van der Waals surface area contributed by atoms with E-state index < -0.39 is 0 Å². The summed E-state index contributed by atoms with van der Waals surface area (Å²) in [5.74, 6) is 1.12. The third-order valence-electron chi connectivity index (χ3n) is 3.06. The second-order valence-electron chi connectivity index (χ2n) is 4.40. The van der Waals surface area contributed by atoms with Crippen LogP contribution in [0.2, 0.25) is 0 Å². The van der Waals surface area contributed by atoms with Gasteiger partial charge >= 0.3 is 0 Å². The summed E-state index contributed by atoms with van der Waals surface area (Å²) in [5.41, 5.74) is 8.35. The summed E-state index contributed by atoms with van der Waals surface area (Å²) >= 11 is 3.87. The number of hydrogen-bond acceptors (Lipinski definition) is 3. The fourth-order valence-corrected chi connectivity index (χ4v) is 4.59. The third kappa shape index (κ3) is 2.52. The fourth-order valence-electron chi connectivity index (χ4n) is 2.14. The standard InChI is InChI=1S/C15H15NS2/c16-13-6-2-4-8-15(13)17-10-12-9-11-5-1-3-7-14(11)18-12/h1-8,12H,9-10,16H2. The molecule has 0 saturated carbocycles. The van der Waals surface area contributed by atoms with Crippen molar-refractivity contribution in [1.82, 2.24) is 0 Å². The molecule has 2 aromatic rings. The Hall–Kier alpha value is -1.06. The lowest BCUT2D eigenvalue weighted by atomic mass is 10.1. The number of fused-ring (bicyclic) bond motifs is 1. The smallest absolute Gasteiger partial charge is 0.0452 e. The van der Waals surface area contributed by atoms with Gasteiger partial charge in [-0.15, -0.1) is 23.5 Å². The first-order valence-electron chi connectivity index (χ1n) is 6.05. The summed E-state index contributed by atoms with van der Waals surface area (Å²) in [6.07, 6.45) is 1.18. The number of nitrogens with two attached hydrogens (primary N) is 1.